The summed E-state index contributed by atoms with van der Waals surface area (Å²) in [7, 11) is 0. The van der Waals surface area contributed by atoms with Gasteiger partial charge in [-0.15, -0.1) is 0 Å². The van der Waals surface area contributed by atoms with Gasteiger partial charge in [-0.05, 0) is 38.5 Å². The third kappa shape index (κ3) is 2.07. The molecule has 2 fully saturated rings. The van der Waals surface area contributed by atoms with E-state index in [4.69, 9.17) is 5.32 Å². The molecule has 1 aliphatic heterocycles. The topological polar surface area (TPSA) is 14.1 Å². The Hall–Kier alpha value is -0.0400. The summed E-state index contributed by atoms with van der Waals surface area (Å²) in [4.78, 5) is 0. The lowest BCUT2D eigenvalue weighted by atomic mass is 9.72. The first-order valence-electron chi connectivity index (χ1n) is 6.00. The second-order valence-corrected chi connectivity index (χ2v) is 5.03. The van der Waals surface area contributed by atoms with Gasteiger partial charge in [-0.3, -0.25) is 0 Å². The number of piperidine rings is 1. The highest BCUT2D eigenvalue weighted by Crippen LogP contribution is 2.37. The summed E-state index contributed by atoms with van der Waals surface area (Å²) < 4.78 is 0. The second-order valence-electron chi connectivity index (χ2n) is 5.03. The van der Waals surface area contributed by atoms with E-state index < -0.39 is 0 Å². The lowest BCUT2D eigenvalue weighted by Crippen LogP contribution is -2.47. The van der Waals surface area contributed by atoms with Crippen LogP contribution < -0.4 is 5.32 Å². The summed E-state index contributed by atoms with van der Waals surface area (Å²) in [5.74, 6) is 0.918. The predicted molar refractivity (Wildman–Crippen MR) is 55.8 cm³/mol. The molecule has 13 heavy (non-hydrogen) atoms. The van der Waals surface area contributed by atoms with Crippen LogP contribution >= 0.6 is 0 Å². The average molecular weight is 180 g/mol. The Morgan fingerprint density at radius 2 is 1.77 bits per heavy atom. The minimum Gasteiger partial charge on any atom is -0.235 e. The summed E-state index contributed by atoms with van der Waals surface area (Å²) in [5, 5.41) is 4.89. The highest BCUT2D eigenvalue weighted by Gasteiger charge is 2.36. The number of nitrogens with zero attached hydrogens (tertiary/aromatic N) is 1. The van der Waals surface area contributed by atoms with Gasteiger partial charge in [0.05, 0.1) is 0 Å². The fourth-order valence-corrected chi connectivity index (χ4v) is 3.07. The molecule has 1 radical (unpaired) electrons. The molecule has 0 aromatic rings. The summed E-state index contributed by atoms with van der Waals surface area (Å²) in [6, 6.07) is 0. The van der Waals surface area contributed by atoms with Crippen LogP contribution in [0.5, 0.6) is 0 Å². The number of hydrogen-bond donors (Lipinski definition) is 0. The third-order valence-corrected chi connectivity index (χ3v) is 4.05. The molecule has 1 heterocycles. The highest BCUT2D eigenvalue weighted by atomic mass is 15.0. The van der Waals surface area contributed by atoms with Crippen LogP contribution in [0.2, 0.25) is 0 Å². The molecule has 0 bridgehead atoms. The average Bonchev–Trinajstić information content (AvgIpc) is 2.20. The van der Waals surface area contributed by atoms with E-state index in [1.54, 1.807) is 0 Å². The van der Waals surface area contributed by atoms with Gasteiger partial charge in [-0.2, -0.15) is 0 Å². The predicted octanol–water partition coefficient (Wildman–Crippen LogP) is 3.11. The molecule has 1 saturated heterocycles. The number of rotatable bonds is 1. The van der Waals surface area contributed by atoms with E-state index in [1.807, 2.05) is 0 Å². The van der Waals surface area contributed by atoms with E-state index in [-0.39, 0.29) is 0 Å². The SMILES string of the molecule is CC1(C2CCCCC2)CCCC[N]1. The monoisotopic (exact) mass is 180 g/mol. The van der Waals surface area contributed by atoms with Crippen LogP contribution in [-0.2, 0) is 0 Å². The molecule has 1 aliphatic carbocycles. The van der Waals surface area contributed by atoms with E-state index in [0.717, 1.165) is 12.5 Å². The van der Waals surface area contributed by atoms with Crippen LogP contribution in [0.15, 0.2) is 0 Å². The summed E-state index contributed by atoms with van der Waals surface area (Å²) in [6.45, 7) is 3.54. The van der Waals surface area contributed by atoms with Gasteiger partial charge >= 0.3 is 0 Å². The van der Waals surface area contributed by atoms with Crippen LogP contribution in [0, 0.1) is 5.92 Å². The fraction of sp³-hybridized carbons (Fsp3) is 1.00. The Labute approximate surface area is 82.3 Å². The standard InChI is InChI=1S/C12H22N/c1-12(9-5-6-10-13-12)11-7-3-2-4-8-11/h11H,2-10H2,1H3. The van der Waals surface area contributed by atoms with Crippen molar-refractivity contribution in [3.05, 3.63) is 0 Å². The van der Waals surface area contributed by atoms with Gasteiger partial charge in [-0.1, -0.05) is 25.7 Å². The van der Waals surface area contributed by atoms with Gasteiger partial charge in [0.2, 0.25) is 0 Å². The molecule has 0 N–H and O–H groups in total. The van der Waals surface area contributed by atoms with Gasteiger partial charge in [0, 0.05) is 12.1 Å². The molecule has 0 aromatic heterocycles. The van der Waals surface area contributed by atoms with Crippen molar-refractivity contribution in [1.82, 2.24) is 5.32 Å². The van der Waals surface area contributed by atoms with Crippen molar-refractivity contribution in [1.29, 1.82) is 0 Å². The van der Waals surface area contributed by atoms with Crippen molar-refractivity contribution in [2.45, 2.75) is 63.8 Å². The summed E-state index contributed by atoms with van der Waals surface area (Å²) >= 11 is 0. The highest BCUT2D eigenvalue weighted by molar-refractivity contribution is 4.93. The van der Waals surface area contributed by atoms with Crippen molar-refractivity contribution in [3.63, 3.8) is 0 Å². The second kappa shape index (κ2) is 4.00. The smallest absolute Gasteiger partial charge is 0.0356 e. The van der Waals surface area contributed by atoms with Gasteiger partial charge in [0.1, 0.15) is 0 Å². The van der Waals surface area contributed by atoms with E-state index in [2.05, 4.69) is 6.92 Å². The molecule has 2 rings (SSSR count). The Kier molecular flexibility index (Phi) is 2.92. The molecular formula is C12H22N. The Morgan fingerprint density at radius 1 is 1.00 bits per heavy atom. The van der Waals surface area contributed by atoms with Crippen LogP contribution in [-0.4, -0.2) is 12.1 Å². The van der Waals surface area contributed by atoms with E-state index in [0.29, 0.717) is 5.54 Å². The molecule has 0 amide bonds. The quantitative estimate of drug-likeness (QED) is 0.588. The van der Waals surface area contributed by atoms with Crippen molar-refractivity contribution < 1.29 is 0 Å². The summed E-state index contributed by atoms with van der Waals surface area (Å²) in [5.41, 5.74) is 0.374. The largest absolute Gasteiger partial charge is 0.235 e. The first kappa shape index (κ1) is 9.51. The number of hydrogen-bond acceptors (Lipinski definition) is 0. The molecular weight excluding hydrogens is 158 g/mol. The third-order valence-electron chi connectivity index (χ3n) is 4.05. The van der Waals surface area contributed by atoms with Crippen molar-refractivity contribution in [3.8, 4) is 0 Å². The van der Waals surface area contributed by atoms with Crippen LogP contribution in [0.1, 0.15) is 58.3 Å². The Morgan fingerprint density at radius 3 is 2.38 bits per heavy atom. The van der Waals surface area contributed by atoms with Crippen molar-refractivity contribution in [2.24, 2.45) is 5.92 Å². The molecule has 2 aliphatic rings. The van der Waals surface area contributed by atoms with Crippen LogP contribution in [0.25, 0.3) is 0 Å². The molecule has 0 spiro atoms. The molecule has 1 atom stereocenters. The van der Waals surface area contributed by atoms with E-state index in [1.165, 1.54) is 51.4 Å². The van der Waals surface area contributed by atoms with Gasteiger partial charge < -0.3 is 0 Å². The Balaban J connectivity index is 1.94. The first-order valence-corrected chi connectivity index (χ1v) is 6.00. The maximum absolute atomic E-state index is 4.89. The van der Waals surface area contributed by atoms with Crippen molar-refractivity contribution >= 4 is 0 Å². The van der Waals surface area contributed by atoms with Crippen molar-refractivity contribution in [2.75, 3.05) is 6.54 Å². The van der Waals surface area contributed by atoms with Gasteiger partial charge in [0.15, 0.2) is 0 Å². The van der Waals surface area contributed by atoms with Gasteiger partial charge in [0.25, 0.3) is 0 Å². The fourth-order valence-electron chi connectivity index (χ4n) is 3.07. The lowest BCUT2D eigenvalue weighted by Gasteiger charge is -2.42. The van der Waals surface area contributed by atoms with Gasteiger partial charge in [-0.25, -0.2) is 5.32 Å². The van der Waals surface area contributed by atoms with E-state index in [9.17, 15) is 0 Å². The summed E-state index contributed by atoms with van der Waals surface area (Å²) in [6.07, 6.45) is 11.4. The minimum absolute atomic E-state index is 0.374. The minimum atomic E-state index is 0.374. The maximum Gasteiger partial charge on any atom is 0.0356 e. The first-order chi connectivity index (χ1) is 6.31. The molecule has 1 nitrogen and oxygen atoms in total. The zero-order valence-corrected chi connectivity index (χ0v) is 8.89. The molecule has 1 unspecified atom stereocenters. The van der Waals surface area contributed by atoms with E-state index >= 15 is 0 Å². The van der Waals surface area contributed by atoms with Crippen LogP contribution in [0.4, 0.5) is 0 Å². The zero-order chi connectivity index (χ0) is 9.15. The zero-order valence-electron chi connectivity index (χ0n) is 8.89. The molecule has 0 aromatic carbocycles. The molecule has 1 heteroatoms. The van der Waals surface area contributed by atoms with Crippen LogP contribution in [0.3, 0.4) is 0 Å². The Bertz CT molecular complexity index is 153. The molecule has 1 saturated carbocycles. The maximum atomic E-state index is 4.89. The normalized spacial score (nSPS) is 37.6. The molecule has 75 valence electrons. The lowest BCUT2D eigenvalue weighted by molar-refractivity contribution is 0.138.